The molecule has 0 atom stereocenters. The molecule has 0 amide bonds. The van der Waals surface area contributed by atoms with Crippen LogP contribution < -0.4 is 10.0 Å². The fourth-order valence-electron chi connectivity index (χ4n) is 2.90. The van der Waals surface area contributed by atoms with Crippen LogP contribution in [0.4, 0.5) is 5.69 Å². The molecule has 1 aromatic rings. The molecule has 1 aliphatic rings. The molecule has 1 fully saturated rings. The number of carbonyl (C=O) groups is 1. The lowest BCUT2D eigenvalue weighted by Gasteiger charge is -2.27. The van der Waals surface area contributed by atoms with Crippen LogP contribution in [0.15, 0.2) is 23.1 Å². The monoisotopic (exact) mass is 374 g/mol. The second kappa shape index (κ2) is 8.18. The smallest absolute Gasteiger partial charge is 0.308 e. The lowest BCUT2D eigenvalue weighted by Crippen LogP contribution is -2.38. The van der Waals surface area contributed by atoms with Crippen molar-refractivity contribution in [1.29, 1.82) is 0 Å². The van der Waals surface area contributed by atoms with Crippen LogP contribution in [0.5, 0.6) is 0 Å². The fourth-order valence-corrected chi connectivity index (χ4v) is 4.41. The van der Waals surface area contributed by atoms with Gasteiger partial charge in [0.1, 0.15) is 0 Å². The summed E-state index contributed by atoms with van der Waals surface area (Å²) in [6.45, 7) is 2.56. The second-order valence-electron chi connectivity index (χ2n) is 5.86. The number of sulfonamides is 1. The van der Waals surface area contributed by atoms with Crippen LogP contribution in [-0.2, 0) is 19.6 Å². The van der Waals surface area contributed by atoms with E-state index in [0.717, 1.165) is 0 Å². The van der Waals surface area contributed by atoms with Gasteiger partial charge in [0.2, 0.25) is 10.0 Å². The predicted molar refractivity (Wildman–Crippen MR) is 93.7 cm³/mol. The minimum atomic E-state index is -3.63. The van der Waals surface area contributed by atoms with E-state index in [4.69, 9.17) is 16.3 Å². The van der Waals surface area contributed by atoms with E-state index >= 15 is 0 Å². The molecule has 0 unspecified atom stereocenters. The molecule has 0 spiro atoms. The standard InChI is InChI=1S/C16H23ClN2O4S/c1-3-18-15-10-13(8-9-14(15)17)24(21,22)19-12-6-4-11(5-7-12)16(20)23-2/h8-12,18-19H,3-7H2,1-2H3/t11-,12-. The van der Waals surface area contributed by atoms with Gasteiger partial charge in [0, 0.05) is 12.6 Å². The Morgan fingerprint density at radius 1 is 1.29 bits per heavy atom. The van der Waals surface area contributed by atoms with E-state index in [1.54, 1.807) is 6.07 Å². The number of ether oxygens (including phenoxy) is 1. The third kappa shape index (κ3) is 4.62. The molecule has 0 heterocycles. The normalized spacial score (nSPS) is 21.3. The van der Waals surface area contributed by atoms with Gasteiger partial charge in [-0.15, -0.1) is 0 Å². The van der Waals surface area contributed by atoms with Gasteiger partial charge in [0.15, 0.2) is 0 Å². The van der Waals surface area contributed by atoms with Crippen LogP contribution in [0.3, 0.4) is 0 Å². The highest BCUT2D eigenvalue weighted by molar-refractivity contribution is 7.89. The Labute approximate surface area is 148 Å². The van der Waals surface area contributed by atoms with Crippen LogP contribution in [0.2, 0.25) is 5.02 Å². The highest BCUT2D eigenvalue weighted by Gasteiger charge is 2.29. The molecule has 8 heteroatoms. The first kappa shape index (κ1) is 19.0. The lowest BCUT2D eigenvalue weighted by molar-refractivity contribution is -0.146. The van der Waals surface area contributed by atoms with Crippen LogP contribution >= 0.6 is 11.6 Å². The van der Waals surface area contributed by atoms with Crippen LogP contribution in [0.1, 0.15) is 32.6 Å². The largest absolute Gasteiger partial charge is 0.469 e. The molecule has 2 rings (SSSR count). The Balaban J connectivity index is 2.04. The summed E-state index contributed by atoms with van der Waals surface area (Å²) in [5, 5.41) is 3.52. The van der Waals surface area contributed by atoms with Crippen molar-refractivity contribution in [2.75, 3.05) is 19.0 Å². The van der Waals surface area contributed by atoms with E-state index in [1.165, 1.54) is 19.2 Å². The third-order valence-electron chi connectivity index (χ3n) is 4.20. The molecule has 0 aromatic heterocycles. The average molecular weight is 375 g/mol. The summed E-state index contributed by atoms with van der Waals surface area (Å²) < 4.78 is 32.6. The molecule has 0 aliphatic heterocycles. The van der Waals surface area contributed by atoms with E-state index in [0.29, 0.717) is 42.9 Å². The first-order valence-corrected chi connectivity index (χ1v) is 9.87. The van der Waals surface area contributed by atoms with Gasteiger partial charge in [0.05, 0.1) is 28.6 Å². The molecule has 1 saturated carbocycles. The summed E-state index contributed by atoms with van der Waals surface area (Å²) in [5.74, 6) is -0.351. The van der Waals surface area contributed by atoms with Gasteiger partial charge in [-0.05, 0) is 50.8 Å². The summed E-state index contributed by atoms with van der Waals surface area (Å²) in [5.41, 5.74) is 0.594. The minimum Gasteiger partial charge on any atom is -0.469 e. The van der Waals surface area contributed by atoms with Crippen molar-refractivity contribution in [1.82, 2.24) is 4.72 Å². The zero-order valence-electron chi connectivity index (χ0n) is 13.8. The van der Waals surface area contributed by atoms with Crippen molar-refractivity contribution in [2.45, 2.75) is 43.5 Å². The number of benzene rings is 1. The molecule has 134 valence electrons. The number of halogens is 1. The Morgan fingerprint density at radius 3 is 2.54 bits per heavy atom. The number of hydrogen-bond acceptors (Lipinski definition) is 5. The Bertz CT molecular complexity index is 685. The van der Waals surface area contributed by atoms with E-state index < -0.39 is 10.0 Å². The van der Waals surface area contributed by atoms with Gasteiger partial charge >= 0.3 is 5.97 Å². The molecule has 1 aliphatic carbocycles. The Hall–Kier alpha value is -1.31. The lowest BCUT2D eigenvalue weighted by atomic mass is 9.86. The first-order chi connectivity index (χ1) is 11.4. The predicted octanol–water partition coefficient (Wildman–Crippen LogP) is 2.78. The van der Waals surface area contributed by atoms with Gasteiger partial charge in [-0.3, -0.25) is 4.79 Å². The maximum absolute atomic E-state index is 12.6. The van der Waals surface area contributed by atoms with Gasteiger partial charge < -0.3 is 10.1 Å². The molecule has 6 nitrogen and oxygen atoms in total. The van der Waals surface area contributed by atoms with Crippen molar-refractivity contribution in [2.24, 2.45) is 5.92 Å². The van der Waals surface area contributed by atoms with Crippen molar-refractivity contribution in [3.63, 3.8) is 0 Å². The number of carbonyl (C=O) groups excluding carboxylic acids is 1. The number of anilines is 1. The summed E-state index contributed by atoms with van der Waals surface area (Å²) in [4.78, 5) is 11.7. The number of methoxy groups -OCH3 is 1. The van der Waals surface area contributed by atoms with Gasteiger partial charge in [0.25, 0.3) is 0 Å². The van der Waals surface area contributed by atoms with E-state index in [2.05, 4.69) is 10.0 Å². The zero-order valence-corrected chi connectivity index (χ0v) is 15.4. The molecular formula is C16H23ClN2O4S. The second-order valence-corrected chi connectivity index (χ2v) is 7.99. The highest BCUT2D eigenvalue weighted by atomic mass is 35.5. The summed E-state index contributed by atoms with van der Waals surface area (Å²) in [6.07, 6.45) is 2.49. The van der Waals surface area contributed by atoms with Gasteiger partial charge in [-0.1, -0.05) is 11.6 Å². The molecule has 0 bridgehead atoms. The zero-order chi connectivity index (χ0) is 17.7. The molecule has 2 N–H and O–H groups in total. The molecular weight excluding hydrogens is 352 g/mol. The minimum absolute atomic E-state index is 0.133. The van der Waals surface area contributed by atoms with Crippen molar-refractivity contribution in [3.8, 4) is 0 Å². The van der Waals surface area contributed by atoms with E-state index in [1.807, 2.05) is 6.92 Å². The molecule has 0 saturated heterocycles. The average Bonchev–Trinajstić information content (AvgIpc) is 2.56. The third-order valence-corrected chi connectivity index (χ3v) is 6.05. The maximum atomic E-state index is 12.6. The Kier molecular flexibility index (Phi) is 6.48. The van der Waals surface area contributed by atoms with Crippen LogP contribution in [0.25, 0.3) is 0 Å². The molecule has 1 aromatic carbocycles. The fraction of sp³-hybridized carbons (Fsp3) is 0.562. The molecule has 0 radical (unpaired) electrons. The summed E-state index contributed by atoms with van der Waals surface area (Å²) in [7, 11) is -2.25. The number of rotatable bonds is 6. The van der Waals surface area contributed by atoms with Crippen LogP contribution in [-0.4, -0.2) is 34.1 Å². The van der Waals surface area contributed by atoms with Crippen molar-refractivity contribution < 1.29 is 17.9 Å². The topological polar surface area (TPSA) is 84.5 Å². The van der Waals surface area contributed by atoms with Gasteiger partial charge in [-0.2, -0.15) is 0 Å². The number of esters is 1. The summed E-state index contributed by atoms with van der Waals surface area (Å²) >= 11 is 6.05. The number of hydrogen-bond donors (Lipinski definition) is 2. The van der Waals surface area contributed by atoms with E-state index in [9.17, 15) is 13.2 Å². The van der Waals surface area contributed by atoms with Crippen molar-refractivity contribution in [3.05, 3.63) is 23.2 Å². The SMILES string of the molecule is CCNc1cc(S(=O)(=O)N[C@H]2CC[C@H](C(=O)OC)CC2)ccc1Cl. The quantitative estimate of drug-likeness (QED) is 0.748. The highest BCUT2D eigenvalue weighted by Crippen LogP contribution is 2.28. The van der Waals surface area contributed by atoms with E-state index in [-0.39, 0.29) is 22.8 Å². The molecule has 24 heavy (non-hydrogen) atoms. The van der Waals surface area contributed by atoms with Crippen LogP contribution in [0, 0.1) is 5.92 Å². The summed E-state index contributed by atoms with van der Waals surface area (Å²) in [6, 6.07) is 4.43. The maximum Gasteiger partial charge on any atom is 0.308 e. The van der Waals surface area contributed by atoms with Gasteiger partial charge in [-0.25, -0.2) is 13.1 Å². The van der Waals surface area contributed by atoms with Crippen molar-refractivity contribution >= 4 is 33.3 Å². The number of nitrogens with one attached hydrogen (secondary N) is 2. The Morgan fingerprint density at radius 2 is 1.96 bits per heavy atom. The first-order valence-electron chi connectivity index (χ1n) is 8.01.